The number of rotatable bonds is 6. The van der Waals surface area contributed by atoms with Crippen LogP contribution in [0.3, 0.4) is 0 Å². The molecule has 156 valence electrons. The van der Waals surface area contributed by atoms with Crippen molar-refractivity contribution in [2.75, 3.05) is 27.3 Å². The molecule has 0 spiro atoms. The molecule has 0 aromatic heterocycles. The Bertz CT molecular complexity index is 975. The fourth-order valence-electron chi connectivity index (χ4n) is 3.57. The molecule has 1 heterocycles. The highest BCUT2D eigenvalue weighted by Crippen LogP contribution is 2.33. The van der Waals surface area contributed by atoms with Gasteiger partial charge in [-0.15, -0.1) is 0 Å². The van der Waals surface area contributed by atoms with Crippen molar-refractivity contribution in [1.82, 2.24) is 4.31 Å². The van der Waals surface area contributed by atoms with Crippen molar-refractivity contribution in [3.63, 3.8) is 0 Å². The number of methoxy groups -OCH3 is 2. The lowest BCUT2D eigenvalue weighted by Gasteiger charge is -2.32. The second-order valence-electron chi connectivity index (χ2n) is 7.02. The van der Waals surface area contributed by atoms with E-state index in [0.29, 0.717) is 25.3 Å². The molecule has 0 saturated carbocycles. The Morgan fingerprint density at radius 3 is 2.55 bits per heavy atom. The monoisotopic (exact) mass is 421 g/mol. The summed E-state index contributed by atoms with van der Waals surface area (Å²) in [6.07, 6.45) is 1.64. The number of carbonyl (C=O) groups excluding carboxylic acids is 1. The van der Waals surface area contributed by atoms with Crippen molar-refractivity contribution in [2.24, 2.45) is 0 Å². The molecule has 0 bridgehead atoms. The predicted octanol–water partition coefficient (Wildman–Crippen LogP) is 3.12. The smallest absolute Gasteiger partial charge is 0.309 e. The minimum Gasteiger partial charge on any atom is -0.497 e. The molecule has 2 aromatic carbocycles. The molecule has 2 aromatic rings. The first kappa shape index (κ1) is 21.3. The molecule has 1 aliphatic rings. The Labute approximate surface area is 170 Å². The number of hydrogen-bond donors (Lipinski definition) is 0. The van der Waals surface area contributed by atoms with Crippen LogP contribution in [0.5, 0.6) is 5.75 Å². The van der Waals surface area contributed by atoms with Crippen LogP contribution in [0, 0.1) is 5.82 Å². The van der Waals surface area contributed by atoms with Gasteiger partial charge in [-0.2, -0.15) is 4.31 Å². The summed E-state index contributed by atoms with van der Waals surface area (Å²) < 4.78 is 50.6. The SMILES string of the molecule is COC(=O)Cc1cc(OC)cc(C2CCCN(S(=O)(=O)c3ccc(F)cc3)C2)c1. The lowest BCUT2D eigenvalue weighted by molar-refractivity contribution is -0.139. The first-order valence-electron chi connectivity index (χ1n) is 9.34. The molecule has 0 amide bonds. The fraction of sp³-hybridized carbons (Fsp3) is 0.381. The van der Waals surface area contributed by atoms with E-state index in [0.717, 1.165) is 29.7 Å². The molecular weight excluding hydrogens is 397 g/mol. The van der Waals surface area contributed by atoms with Crippen LogP contribution in [0.1, 0.15) is 29.9 Å². The number of halogens is 1. The maximum absolute atomic E-state index is 13.2. The van der Waals surface area contributed by atoms with Crippen LogP contribution in [0.15, 0.2) is 47.4 Å². The summed E-state index contributed by atoms with van der Waals surface area (Å²) in [6, 6.07) is 10.4. The largest absolute Gasteiger partial charge is 0.497 e. The van der Waals surface area contributed by atoms with Gasteiger partial charge in [0.2, 0.25) is 10.0 Å². The van der Waals surface area contributed by atoms with E-state index < -0.39 is 15.8 Å². The molecular formula is C21H24FNO5S. The number of ether oxygens (including phenoxy) is 2. The maximum Gasteiger partial charge on any atom is 0.309 e. The van der Waals surface area contributed by atoms with Crippen LogP contribution in [0.4, 0.5) is 4.39 Å². The predicted molar refractivity (Wildman–Crippen MR) is 106 cm³/mol. The third-order valence-electron chi connectivity index (χ3n) is 5.11. The number of carbonyl (C=O) groups is 1. The normalized spacial score (nSPS) is 17.7. The molecule has 1 saturated heterocycles. The van der Waals surface area contributed by atoms with Crippen LogP contribution < -0.4 is 4.74 Å². The van der Waals surface area contributed by atoms with E-state index in [9.17, 15) is 17.6 Å². The molecule has 1 unspecified atom stereocenters. The summed E-state index contributed by atoms with van der Waals surface area (Å²) in [7, 11) is -0.822. The fourth-order valence-corrected chi connectivity index (χ4v) is 5.09. The first-order valence-corrected chi connectivity index (χ1v) is 10.8. The standard InChI is InChI=1S/C21H24FNO5S/c1-27-19-11-15(12-21(24)28-2)10-17(13-19)16-4-3-9-23(14-16)29(25,26)20-7-5-18(22)6-8-20/h5-8,10-11,13,16H,3-4,9,12,14H2,1-2H3. The van der Waals surface area contributed by atoms with E-state index >= 15 is 0 Å². The molecule has 1 aliphatic heterocycles. The lowest BCUT2D eigenvalue weighted by atomic mass is 9.90. The summed E-state index contributed by atoms with van der Waals surface area (Å²) >= 11 is 0. The van der Waals surface area contributed by atoms with Crippen molar-refractivity contribution >= 4 is 16.0 Å². The van der Waals surface area contributed by atoms with Gasteiger partial charge < -0.3 is 9.47 Å². The molecule has 3 rings (SSSR count). The van der Waals surface area contributed by atoms with Gasteiger partial charge in [-0.05, 0) is 66.3 Å². The third kappa shape index (κ3) is 4.94. The number of hydrogen-bond acceptors (Lipinski definition) is 5. The zero-order chi connectivity index (χ0) is 21.0. The molecule has 0 aliphatic carbocycles. The lowest BCUT2D eigenvalue weighted by Crippen LogP contribution is -2.39. The van der Waals surface area contributed by atoms with Gasteiger partial charge in [-0.1, -0.05) is 6.07 Å². The average molecular weight is 421 g/mol. The Morgan fingerprint density at radius 2 is 1.90 bits per heavy atom. The average Bonchev–Trinajstić information content (AvgIpc) is 2.73. The first-order chi connectivity index (χ1) is 13.8. The van der Waals surface area contributed by atoms with Gasteiger partial charge in [0, 0.05) is 13.1 Å². The van der Waals surface area contributed by atoms with Crippen molar-refractivity contribution in [1.29, 1.82) is 0 Å². The van der Waals surface area contributed by atoms with Crippen LogP contribution in [0.25, 0.3) is 0 Å². The van der Waals surface area contributed by atoms with E-state index in [2.05, 4.69) is 0 Å². The van der Waals surface area contributed by atoms with Crippen molar-refractivity contribution < 1.29 is 27.1 Å². The van der Waals surface area contributed by atoms with Crippen LogP contribution in [-0.4, -0.2) is 46.0 Å². The highest BCUT2D eigenvalue weighted by atomic mass is 32.2. The number of piperidine rings is 1. The summed E-state index contributed by atoms with van der Waals surface area (Å²) in [6.45, 7) is 0.722. The third-order valence-corrected chi connectivity index (χ3v) is 6.99. The van der Waals surface area contributed by atoms with Crippen LogP contribution in [-0.2, 0) is 26.0 Å². The Kier molecular flexibility index (Phi) is 6.54. The minimum atomic E-state index is -3.71. The number of nitrogens with zero attached hydrogens (tertiary/aromatic N) is 1. The highest BCUT2D eigenvalue weighted by molar-refractivity contribution is 7.89. The van der Waals surface area contributed by atoms with E-state index in [1.165, 1.54) is 23.5 Å². The van der Waals surface area contributed by atoms with E-state index in [-0.39, 0.29) is 23.2 Å². The quantitative estimate of drug-likeness (QED) is 0.670. The van der Waals surface area contributed by atoms with Gasteiger partial charge in [0.1, 0.15) is 11.6 Å². The van der Waals surface area contributed by atoms with E-state index in [4.69, 9.17) is 9.47 Å². The van der Waals surface area contributed by atoms with E-state index in [1.807, 2.05) is 12.1 Å². The Hall–Kier alpha value is -2.45. The van der Waals surface area contributed by atoms with Gasteiger partial charge in [0.05, 0.1) is 25.5 Å². The minimum absolute atomic E-state index is 0.0366. The summed E-state index contributed by atoms with van der Waals surface area (Å²) in [5.41, 5.74) is 1.67. The molecule has 6 nitrogen and oxygen atoms in total. The van der Waals surface area contributed by atoms with E-state index in [1.54, 1.807) is 13.2 Å². The van der Waals surface area contributed by atoms with Gasteiger partial charge in [-0.25, -0.2) is 12.8 Å². The molecule has 0 N–H and O–H groups in total. The van der Waals surface area contributed by atoms with Crippen molar-refractivity contribution in [3.8, 4) is 5.75 Å². The van der Waals surface area contributed by atoms with Crippen molar-refractivity contribution in [2.45, 2.75) is 30.1 Å². The summed E-state index contributed by atoms with van der Waals surface area (Å²) in [4.78, 5) is 11.7. The number of esters is 1. The maximum atomic E-state index is 13.2. The van der Waals surface area contributed by atoms with Gasteiger partial charge in [0.15, 0.2) is 0 Å². The Morgan fingerprint density at radius 1 is 1.17 bits per heavy atom. The molecule has 1 fully saturated rings. The summed E-state index contributed by atoms with van der Waals surface area (Å²) in [5, 5.41) is 0. The van der Waals surface area contributed by atoms with Gasteiger partial charge in [-0.3, -0.25) is 4.79 Å². The zero-order valence-electron chi connectivity index (χ0n) is 16.4. The summed E-state index contributed by atoms with van der Waals surface area (Å²) in [5.74, 6) is -0.256. The van der Waals surface area contributed by atoms with Crippen molar-refractivity contribution in [3.05, 3.63) is 59.4 Å². The Balaban J connectivity index is 1.85. The molecule has 1 atom stereocenters. The molecule has 29 heavy (non-hydrogen) atoms. The molecule has 0 radical (unpaired) electrons. The number of sulfonamides is 1. The zero-order valence-corrected chi connectivity index (χ0v) is 17.2. The number of benzene rings is 2. The van der Waals surface area contributed by atoms with Crippen LogP contribution in [0.2, 0.25) is 0 Å². The topological polar surface area (TPSA) is 72.9 Å². The second-order valence-corrected chi connectivity index (χ2v) is 8.96. The molecule has 8 heteroatoms. The van der Waals surface area contributed by atoms with Gasteiger partial charge in [0.25, 0.3) is 0 Å². The van der Waals surface area contributed by atoms with Gasteiger partial charge >= 0.3 is 5.97 Å². The highest BCUT2D eigenvalue weighted by Gasteiger charge is 2.31. The van der Waals surface area contributed by atoms with Crippen LogP contribution >= 0.6 is 0 Å². The second kappa shape index (κ2) is 8.92.